The van der Waals surface area contributed by atoms with Gasteiger partial charge in [0.1, 0.15) is 5.84 Å². The summed E-state index contributed by atoms with van der Waals surface area (Å²) in [5, 5.41) is 7.51. The molecule has 1 aliphatic rings. The Kier molecular flexibility index (Phi) is 4.47. The molecule has 1 aliphatic heterocycles. The molecule has 1 saturated heterocycles. The van der Waals surface area contributed by atoms with Gasteiger partial charge in [0.2, 0.25) is 0 Å². The van der Waals surface area contributed by atoms with E-state index in [0.717, 1.165) is 35.3 Å². The van der Waals surface area contributed by atoms with E-state index in [2.05, 4.69) is 34.7 Å². The lowest BCUT2D eigenvalue weighted by molar-refractivity contribution is 0.0299. The Hall–Kier alpha value is -1.07. The molecule has 2 unspecified atom stereocenters. The number of nitrogens with two attached hydrogens (primary N) is 1. The van der Waals surface area contributed by atoms with E-state index in [9.17, 15) is 0 Å². The number of anilines is 1. The summed E-state index contributed by atoms with van der Waals surface area (Å²) in [4.78, 5) is 2.38. The van der Waals surface area contributed by atoms with E-state index in [4.69, 9.17) is 15.9 Å². The molecule has 104 valence electrons. The van der Waals surface area contributed by atoms with Gasteiger partial charge in [-0.2, -0.15) is 0 Å². The van der Waals surface area contributed by atoms with E-state index in [1.54, 1.807) is 0 Å². The molecule has 0 amide bonds. The molecule has 2 rings (SSSR count). The van der Waals surface area contributed by atoms with Crippen LogP contribution in [0.4, 0.5) is 5.69 Å². The second kappa shape index (κ2) is 5.92. The molecule has 1 aromatic rings. The summed E-state index contributed by atoms with van der Waals surface area (Å²) in [5.41, 5.74) is 7.42. The average molecular weight is 326 g/mol. The number of hydrogen-bond acceptors (Lipinski definition) is 3. The normalized spacial score (nSPS) is 23.4. The first kappa shape index (κ1) is 14.3. The van der Waals surface area contributed by atoms with Gasteiger partial charge in [-0.05, 0) is 47.5 Å². The number of halogens is 1. The molecule has 3 N–H and O–H groups in total. The Morgan fingerprint density at radius 3 is 2.89 bits per heavy atom. The van der Waals surface area contributed by atoms with Gasteiger partial charge in [-0.25, -0.2) is 0 Å². The smallest absolute Gasteiger partial charge is 0.123 e. The highest BCUT2D eigenvalue weighted by Crippen LogP contribution is 2.28. The van der Waals surface area contributed by atoms with Crippen LogP contribution in [0.25, 0.3) is 0 Å². The molecule has 1 fully saturated rings. The summed E-state index contributed by atoms with van der Waals surface area (Å²) >= 11 is 3.49. The van der Waals surface area contributed by atoms with Crippen LogP contribution in [0.15, 0.2) is 22.7 Å². The largest absolute Gasteiger partial charge is 0.384 e. The van der Waals surface area contributed by atoms with Gasteiger partial charge in [0.15, 0.2) is 0 Å². The van der Waals surface area contributed by atoms with Crippen LogP contribution in [0.5, 0.6) is 0 Å². The van der Waals surface area contributed by atoms with E-state index in [1.807, 2.05) is 18.2 Å². The number of hydrogen-bond donors (Lipinski definition) is 2. The zero-order valence-corrected chi connectivity index (χ0v) is 12.9. The number of rotatable bonds is 3. The van der Waals surface area contributed by atoms with Crippen molar-refractivity contribution >= 4 is 27.5 Å². The van der Waals surface area contributed by atoms with Crippen molar-refractivity contribution in [3.8, 4) is 0 Å². The Morgan fingerprint density at radius 1 is 1.58 bits per heavy atom. The molecule has 4 nitrogen and oxygen atoms in total. The SMILES string of the molecule is CCC1COC(C)CN1c1ccc(C(=N)N)c(Br)c1. The Balaban J connectivity index is 2.29. The molecule has 5 heteroatoms. The third-order valence-electron chi connectivity index (χ3n) is 3.51. The third kappa shape index (κ3) is 3.09. The Morgan fingerprint density at radius 2 is 2.32 bits per heavy atom. The minimum atomic E-state index is 0.0841. The van der Waals surface area contributed by atoms with E-state index in [0.29, 0.717) is 6.04 Å². The fourth-order valence-electron chi connectivity index (χ4n) is 2.40. The van der Waals surface area contributed by atoms with Crippen LogP contribution in [0.3, 0.4) is 0 Å². The molecule has 0 aliphatic carbocycles. The van der Waals surface area contributed by atoms with Crippen molar-refractivity contribution in [3.63, 3.8) is 0 Å². The molecule has 1 heterocycles. The van der Waals surface area contributed by atoms with Crippen LogP contribution in [-0.4, -0.2) is 31.1 Å². The quantitative estimate of drug-likeness (QED) is 0.663. The first-order chi connectivity index (χ1) is 9.02. The van der Waals surface area contributed by atoms with Gasteiger partial charge in [-0.1, -0.05) is 6.92 Å². The number of morpholine rings is 1. The molecule has 0 bridgehead atoms. The fourth-order valence-corrected chi connectivity index (χ4v) is 2.98. The number of benzene rings is 1. The second-order valence-electron chi connectivity index (χ2n) is 4.94. The molecule has 0 saturated carbocycles. The molecule has 0 aromatic heterocycles. The molecular weight excluding hydrogens is 306 g/mol. The van der Waals surface area contributed by atoms with E-state index < -0.39 is 0 Å². The summed E-state index contributed by atoms with van der Waals surface area (Å²) in [7, 11) is 0. The first-order valence-corrected chi connectivity index (χ1v) is 7.34. The summed E-state index contributed by atoms with van der Waals surface area (Å²) < 4.78 is 6.58. The maximum Gasteiger partial charge on any atom is 0.123 e. The molecule has 1 aromatic carbocycles. The van der Waals surface area contributed by atoms with Gasteiger partial charge in [-0.3, -0.25) is 5.41 Å². The Labute approximate surface area is 122 Å². The van der Waals surface area contributed by atoms with E-state index >= 15 is 0 Å². The van der Waals surface area contributed by atoms with Gasteiger partial charge in [0.05, 0.1) is 18.8 Å². The number of nitrogens with one attached hydrogen (secondary N) is 1. The summed E-state index contributed by atoms with van der Waals surface area (Å²) in [5.74, 6) is 0.0841. The van der Waals surface area contributed by atoms with Gasteiger partial charge < -0.3 is 15.4 Å². The summed E-state index contributed by atoms with van der Waals surface area (Å²) in [6, 6.07) is 6.38. The minimum Gasteiger partial charge on any atom is -0.384 e. The predicted molar refractivity (Wildman–Crippen MR) is 82.0 cm³/mol. The van der Waals surface area contributed by atoms with Gasteiger partial charge in [0.25, 0.3) is 0 Å². The lowest BCUT2D eigenvalue weighted by atomic mass is 10.1. The molecule has 0 radical (unpaired) electrons. The van der Waals surface area contributed by atoms with Crippen LogP contribution in [-0.2, 0) is 4.74 Å². The second-order valence-corrected chi connectivity index (χ2v) is 5.79. The lowest BCUT2D eigenvalue weighted by Crippen LogP contribution is -2.48. The van der Waals surface area contributed by atoms with Crippen molar-refractivity contribution in [3.05, 3.63) is 28.2 Å². The number of nitrogen functional groups attached to an aromatic ring is 1. The zero-order valence-electron chi connectivity index (χ0n) is 11.3. The van der Waals surface area contributed by atoms with E-state index in [1.165, 1.54) is 0 Å². The van der Waals surface area contributed by atoms with Crippen LogP contribution >= 0.6 is 15.9 Å². The first-order valence-electron chi connectivity index (χ1n) is 6.55. The topological polar surface area (TPSA) is 62.3 Å². The van der Waals surface area contributed by atoms with Crippen molar-refractivity contribution in [2.75, 3.05) is 18.1 Å². The maximum atomic E-state index is 7.51. The van der Waals surface area contributed by atoms with Crippen LogP contribution in [0.2, 0.25) is 0 Å². The predicted octanol–water partition coefficient (Wildman–Crippen LogP) is 2.74. The van der Waals surface area contributed by atoms with E-state index in [-0.39, 0.29) is 11.9 Å². The molecule has 19 heavy (non-hydrogen) atoms. The monoisotopic (exact) mass is 325 g/mol. The summed E-state index contributed by atoms with van der Waals surface area (Å²) in [6.07, 6.45) is 1.30. The molecular formula is C14H20BrN3O. The Bertz CT molecular complexity index is 478. The van der Waals surface area contributed by atoms with Crippen LogP contribution < -0.4 is 10.6 Å². The highest BCUT2D eigenvalue weighted by atomic mass is 79.9. The third-order valence-corrected chi connectivity index (χ3v) is 4.17. The minimum absolute atomic E-state index is 0.0841. The highest BCUT2D eigenvalue weighted by Gasteiger charge is 2.26. The van der Waals surface area contributed by atoms with Crippen LogP contribution in [0, 0.1) is 5.41 Å². The van der Waals surface area contributed by atoms with Crippen molar-refractivity contribution in [1.29, 1.82) is 5.41 Å². The maximum absolute atomic E-state index is 7.51. The fraction of sp³-hybridized carbons (Fsp3) is 0.500. The van der Waals surface area contributed by atoms with Crippen LogP contribution in [0.1, 0.15) is 25.8 Å². The number of ether oxygens (including phenoxy) is 1. The molecule has 2 atom stereocenters. The number of amidine groups is 1. The van der Waals surface area contributed by atoms with Gasteiger partial charge in [0, 0.05) is 22.3 Å². The lowest BCUT2D eigenvalue weighted by Gasteiger charge is -2.40. The zero-order chi connectivity index (χ0) is 14.0. The standard InChI is InChI=1S/C14H20BrN3O/c1-3-10-8-19-9(2)7-18(10)11-4-5-12(14(16)17)13(15)6-11/h4-6,9-10H,3,7-8H2,1-2H3,(H3,16,17). The van der Waals surface area contributed by atoms with Gasteiger partial charge >= 0.3 is 0 Å². The van der Waals surface area contributed by atoms with Crippen molar-refractivity contribution in [1.82, 2.24) is 0 Å². The van der Waals surface area contributed by atoms with Crippen molar-refractivity contribution in [2.45, 2.75) is 32.4 Å². The highest BCUT2D eigenvalue weighted by molar-refractivity contribution is 9.10. The summed E-state index contributed by atoms with van der Waals surface area (Å²) in [6.45, 7) is 5.93. The van der Waals surface area contributed by atoms with Crippen molar-refractivity contribution < 1.29 is 4.74 Å². The average Bonchev–Trinajstić information content (AvgIpc) is 2.38. The van der Waals surface area contributed by atoms with Crippen molar-refractivity contribution in [2.24, 2.45) is 5.73 Å². The molecule has 0 spiro atoms. The van der Waals surface area contributed by atoms with Gasteiger partial charge in [-0.15, -0.1) is 0 Å². The number of nitrogens with zero attached hydrogens (tertiary/aromatic N) is 1.